The van der Waals surface area contributed by atoms with Gasteiger partial charge in [-0.25, -0.2) is 0 Å². The van der Waals surface area contributed by atoms with Crippen LogP contribution in [-0.2, 0) is 0 Å². The first-order valence-electron chi connectivity index (χ1n) is 6.16. The number of rotatable bonds is 2. The van der Waals surface area contributed by atoms with Crippen molar-refractivity contribution in [1.29, 1.82) is 0 Å². The monoisotopic (exact) mass is 233 g/mol. The number of phenolic OH excluding ortho intramolecular Hbond substituents is 1. The van der Waals surface area contributed by atoms with Crippen LogP contribution in [0.15, 0.2) is 18.2 Å². The molecule has 0 bridgehead atoms. The summed E-state index contributed by atoms with van der Waals surface area (Å²) in [6, 6.07) is 5.16. The van der Waals surface area contributed by atoms with E-state index in [4.69, 9.17) is 0 Å². The third-order valence-electron chi connectivity index (χ3n) is 3.48. The van der Waals surface area contributed by atoms with Crippen LogP contribution < -0.4 is 5.32 Å². The lowest BCUT2D eigenvalue weighted by Crippen LogP contribution is -2.33. The summed E-state index contributed by atoms with van der Waals surface area (Å²) < 4.78 is 0. The van der Waals surface area contributed by atoms with Gasteiger partial charge in [-0.15, -0.1) is 0 Å². The summed E-state index contributed by atoms with van der Waals surface area (Å²) in [5.74, 6) is 0.886. The molecular weight excluding hydrogens is 214 g/mol. The average Bonchev–Trinajstić information content (AvgIpc) is 2.63. The van der Waals surface area contributed by atoms with Gasteiger partial charge in [-0.3, -0.25) is 4.79 Å². The van der Waals surface area contributed by atoms with Gasteiger partial charge in [0.25, 0.3) is 5.91 Å². The SMILES string of the molecule is Cc1cc(O)ccc1C(=O)NC1CCC(C)C1. The second-order valence-corrected chi connectivity index (χ2v) is 5.09. The van der Waals surface area contributed by atoms with Crippen LogP contribution in [0.3, 0.4) is 0 Å². The molecule has 17 heavy (non-hydrogen) atoms. The summed E-state index contributed by atoms with van der Waals surface area (Å²) in [6.07, 6.45) is 3.34. The number of carbonyl (C=O) groups is 1. The second-order valence-electron chi connectivity index (χ2n) is 5.09. The summed E-state index contributed by atoms with van der Waals surface area (Å²) in [5.41, 5.74) is 1.47. The zero-order valence-electron chi connectivity index (χ0n) is 10.4. The number of carbonyl (C=O) groups excluding carboxylic acids is 1. The Hall–Kier alpha value is -1.51. The first kappa shape index (κ1) is 12.0. The molecule has 1 aliphatic carbocycles. The number of nitrogens with one attached hydrogen (secondary N) is 1. The number of hydrogen-bond donors (Lipinski definition) is 2. The maximum absolute atomic E-state index is 12.0. The van der Waals surface area contributed by atoms with Crippen LogP contribution in [0.2, 0.25) is 0 Å². The minimum atomic E-state index is -0.0263. The lowest BCUT2D eigenvalue weighted by molar-refractivity contribution is 0.0936. The number of hydrogen-bond acceptors (Lipinski definition) is 2. The van der Waals surface area contributed by atoms with Gasteiger partial charge in [-0.2, -0.15) is 0 Å². The van der Waals surface area contributed by atoms with Crippen molar-refractivity contribution in [2.24, 2.45) is 5.92 Å². The molecule has 92 valence electrons. The number of amides is 1. The van der Waals surface area contributed by atoms with Crippen molar-refractivity contribution in [1.82, 2.24) is 5.32 Å². The lowest BCUT2D eigenvalue weighted by Gasteiger charge is -2.13. The molecule has 2 rings (SSSR count). The first-order valence-corrected chi connectivity index (χ1v) is 6.16. The van der Waals surface area contributed by atoms with Crippen LogP contribution in [0.1, 0.15) is 42.1 Å². The Morgan fingerprint density at radius 1 is 1.41 bits per heavy atom. The highest BCUT2D eigenvalue weighted by Gasteiger charge is 2.23. The molecule has 0 aliphatic heterocycles. The Balaban J connectivity index is 2.04. The third-order valence-corrected chi connectivity index (χ3v) is 3.48. The molecule has 1 saturated carbocycles. The molecule has 2 unspecified atom stereocenters. The Morgan fingerprint density at radius 2 is 2.18 bits per heavy atom. The zero-order valence-corrected chi connectivity index (χ0v) is 10.4. The van der Waals surface area contributed by atoms with Gasteiger partial charge in [0.05, 0.1) is 0 Å². The van der Waals surface area contributed by atoms with Crippen molar-refractivity contribution < 1.29 is 9.90 Å². The summed E-state index contributed by atoms with van der Waals surface area (Å²) in [6.45, 7) is 4.06. The molecule has 1 aromatic carbocycles. The van der Waals surface area contributed by atoms with Gasteiger partial charge >= 0.3 is 0 Å². The highest BCUT2D eigenvalue weighted by atomic mass is 16.3. The largest absolute Gasteiger partial charge is 0.508 e. The maximum Gasteiger partial charge on any atom is 0.251 e. The molecule has 2 N–H and O–H groups in total. The van der Waals surface area contributed by atoms with Gasteiger partial charge in [0, 0.05) is 11.6 Å². The molecule has 0 aromatic heterocycles. The van der Waals surface area contributed by atoms with Crippen LogP contribution in [0.4, 0.5) is 0 Å². The van der Waals surface area contributed by atoms with E-state index in [0.29, 0.717) is 17.5 Å². The van der Waals surface area contributed by atoms with Gasteiger partial charge in [0.1, 0.15) is 5.75 Å². The molecule has 0 saturated heterocycles. The number of aromatic hydroxyl groups is 1. The zero-order chi connectivity index (χ0) is 12.4. The van der Waals surface area contributed by atoms with Gasteiger partial charge in [-0.1, -0.05) is 6.92 Å². The van der Waals surface area contributed by atoms with Crippen LogP contribution >= 0.6 is 0 Å². The van der Waals surface area contributed by atoms with E-state index in [1.54, 1.807) is 18.2 Å². The van der Waals surface area contributed by atoms with Crippen molar-refractivity contribution in [2.75, 3.05) is 0 Å². The molecule has 1 aliphatic rings. The minimum Gasteiger partial charge on any atom is -0.508 e. The van der Waals surface area contributed by atoms with Crippen molar-refractivity contribution in [3.63, 3.8) is 0 Å². The average molecular weight is 233 g/mol. The Bertz CT molecular complexity index is 428. The highest BCUT2D eigenvalue weighted by molar-refractivity contribution is 5.96. The number of phenols is 1. The predicted octanol–water partition coefficient (Wildman–Crippen LogP) is 2.62. The molecule has 1 aromatic rings. The second kappa shape index (κ2) is 4.78. The first-order chi connectivity index (χ1) is 8.06. The molecule has 1 amide bonds. The quantitative estimate of drug-likeness (QED) is 0.825. The van der Waals surface area contributed by atoms with E-state index in [1.807, 2.05) is 6.92 Å². The smallest absolute Gasteiger partial charge is 0.251 e. The standard InChI is InChI=1S/C14H19NO2/c1-9-3-4-11(7-9)15-14(17)13-6-5-12(16)8-10(13)2/h5-6,8-9,11,16H,3-4,7H2,1-2H3,(H,15,17). The van der Waals surface area contributed by atoms with E-state index in [9.17, 15) is 9.90 Å². The van der Waals surface area contributed by atoms with Crippen LogP contribution in [0.5, 0.6) is 5.75 Å². The molecule has 3 nitrogen and oxygen atoms in total. The van der Waals surface area contributed by atoms with Crippen molar-refractivity contribution in [3.05, 3.63) is 29.3 Å². The summed E-state index contributed by atoms with van der Waals surface area (Å²) in [5, 5.41) is 12.4. The summed E-state index contributed by atoms with van der Waals surface area (Å²) in [4.78, 5) is 12.0. The fourth-order valence-electron chi connectivity index (χ4n) is 2.50. The molecule has 2 atom stereocenters. The molecule has 0 spiro atoms. The van der Waals surface area contributed by atoms with Crippen molar-refractivity contribution >= 4 is 5.91 Å². The van der Waals surface area contributed by atoms with Gasteiger partial charge in [0.2, 0.25) is 0 Å². The van der Waals surface area contributed by atoms with Gasteiger partial charge in [-0.05, 0) is 55.9 Å². The normalized spacial score (nSPS) is 23.6. The van der Waals surface area contributed by atoms with E-state index < -0.39 is 0 Å². The molecule has 0 heterocycles. The minimum absolute atomic E-state index is 0.0263. The molecule has 3 heteroatoms. The predicted molar refractivity (Wildman–Crippen MR) is 67.1 cm³/mol. The van der Waals surface area contributed by atoms with E-state index in [0.717, 1.165) is 18.4 Å². The fraction of sp³-hybridized carbons (Fsp3) is 0.500. The molecule has 0 radical (unpaired) electrons. The van der Waals surface area contributed by atoms with Crippen molar-refractivity contribution in [2.45, 2.75) is 39.2 Å². The van der Waals surface area contributed by atoms with Crippen LogP contribution in [0.25, 0.3) is 0 Å². The van der Waals surface area contributed by atoms with E-state index in [2.05, 4.69) is 12.2 Å². The number of aryl methyl sites for hydroxylation is 1. The van der Waals surface area contributed by atoms with E-state index in [-0.39, 0.29) is 11.7 Å². The van der Waals surface area contributed by atoms with Gasteiger partial charge in [0.15, 0.2) is 0 Å². The van der Waals surface area contributed by atoms with Crippen LogP contribution in [-0.4, -0.2) is 17.1 Å². The molecule has 1 fully saturated rings. The molecular formula is C14H19NO2. The number of benzene rings is 1. The Morgan fingerprint density at radius 3 is 2.76 bits per heavy atom. The summed E-state index contributed by atoms with van der Waals surface area (Å²) in [7, 11) is 0. The summed E-state index contributed by atoms with van der Waals surface area (Å²) >= 11 is 0. The van der Waals surface area contributed by atoms with Crippen molar-refractivity contribution in [3.8, 4) is 5.75 Å². The van der Waals surface area contributed by atoms with Crippen LogP contribution in [0, 0.1) is 12.8 Å². The fourth-order valence-corrected chi connectivity index (χ4v) is 2.50. The topological polar surface area (TPSA) is 49.3 Å². The maximum atomic E-state index is 12.0. The third kappa shape index (κ3) is 2.78. The highest BCUT2D eigenvalue weighted by Crippen LogP contribution is 2.25. The Labute approximate surface area is 102 Å². The Kier molecular flexibility index (Phi) is 3.36. The van der Waals surface area contributed by atoms with E-state index in [1.165, 1.54) is 6.42 Å². The van der Waals surface area contributed by atoms with E-state index >= 15 is 0 Å². The lowest BCUT2D eigenvalue weighted by atomic mass is 10.1. The van der Waals surface area contributed by atoms with Gasteiger partial charge < -0.3 is 10.4 Å².